The van der Waals surface area contributed by atoms with Crippen molar-refractivity contribution in [2.75, 3.05) is 37.6 Å². The number of carbonyl (C=O) groups excluding carboxylic acids is 1. The molecule has 9 heteroatoms. The van der Waals surface area contributed by atoms with Crippen molar-refractivity contribution >= 4 is 23.4 Å². The van der Waals surface area contributed by atoms with Crippen molar-refractivity contribution in [2.45, 2.75) is 64.1 Å². The molecule has 0 aromatic carbocycles. The summed E-state index contributed by atoms with van der Waals surface area (Å²) in [5.41, 5.74) is 0.790. The second-order valence-corrected chi connectivity index (χ2v) is 9.70. The van der Waals surface area contributed by atoms with Gasteiger partial charge in [-0.2, -0.15) is 0 Å². The molecular formula is C21H29ClF2N4O2. The Morgan fingerprint density at radius 1 is 1.23 bits per heavy atom. The van der Waals surface area contributed by atoms with Crippen LogP contribution >= 0.6 is 11.6 Å². The van der Waals surface area contributed by atoms with Gasteiger partial charge in [0.15, 0.2) is 0 Å². The Balaban J connectivity index is 1.42. The number of fused-ring (bicyclic) bond motifs is 3. The van der Waals surface area contributed by atoms with Gasteiger partial charge in [0.05, 0.1) is 0 Å². The molecule has 0 bridgehead atoms. The lowest BCUT2D eigenvalue weighted by molar-refractivity contribution is 0.00473. The minimum atomic E-state index is -2.62. The van der Waals surface area contributed by atoms with Crippen molar-refractivity contribution in [3.63, 3.8) is 0 Å². The Labute approximate surface area is 181 Å². The first-order chi connectivity index (χ1) is 14.1. The number of piperazine rings is 1. The van der Waals surface area contributed by atoms with Gasteiger partial charge in [0.1, 0.15) is 16.4 Å². The molecule has 0 radical (unpaired) electrons. The fourth-order valence-corrected chi connectivity index (χ4v) is 5.00. The molecule has 2 unspecified atom stereocenters. The van der Waals surface area contributed by atoms with Crippen LogP contribution < -0.4 is 4.90 Å². The van der Waals surface area contributed by atoms with Crippen LogP contribution in [0, 0.1) is 0 Å². The van der Waals surface area contributed by atoms with E-state index < -0.39 is 12.0 Å². The molecule has 4 heterocycles. The summed E-state index contributed by atoms with van der Waals surface area (Å²) >= 11 is 6.06. The monoisotopic (exact) mass is 442 g/mol. The first-order valence-corrected chi connectivity index (χ1v) is 11.0. The molecule has 3 aliphatic rings. The van der Waals surface area contributed by atoms with Crippen LogP contribution in [0.15, 0.2) is 6.07 Å². The first-order valence-electron chi connectivity index (χ1n) is 10.6. The van der Waals surface area contributed by atoms with Crippen LogP contribution in [-0.2, 0) is 11.2 Å². The number of hydrogen-bond donors (Lipinski definition) is 0. The third-order valence-electron chi connectivity index (χ3n) is 6.21. The van der Waals surface area contributed by atoms with Crippen LogP contribution in [0.1, 0.15) is 51.3 Å². The number of hydrogen-bond acceptors (Lipinski definition) is 5. The number of aromatic nitrogens is 1. The van der Waals surface area contributed by atoms with Crippen LogP contribution in [0.3, 0.4) is 0 Å². The summed E-state index contributed by atoms with van der Waals surface area (Å²) in [5.74, 6) is 0. The lowest BCUT2D eigenvalue weighted by Crippen LogP contribution is -2.69. The maximum absolute atomic E-state index is 13.5. The molecular weight excluding hydrogens is 414 g/mol. The Bertz CT molecular complexity index is 809. The van der Waals surface area contributed by atoms with Gasteiger partial charge in [-0.1, -0.05) is 11.6 Å². The number of amides is 1. The molecule has 1 amide bonds. The lowest BCUT2D eigenvalue weighted by Gasteiger charge is -2.55. The zero-order valence-electron chi connectivity index (χ0n) is 17.7. The third-order valence-corrected chi connectivity index (χ3v) is 6.40. The summed E-state index contributed by atoms with van der Waals surface area (Å²) in [6.45, 7) is 9.26. The summed E-state index contributed by atoms with van der Waals surface area (Å²) in [4.78, 5) is 22.6. The van der Waals surface area contributed by atoms with Crippen molar-refractivity contribution in [1.29, 1.82) is 0 Å². The van der Waals surface area contributed by atoms with Crippen LogP contribution in [0.2, 0.25) is 5.15 Å². The third kappa shape index (κ3) is 4.21. The molecule has 3 aliphatic heterocycles. The molecule has 2 fully saturated rings. The van der Waals surface area contributed by atoms with Gasteiger partial charge >= 0.3 is 6.09 Å². The molecule has 1 aromatic rings. The van der Waals surface area contributed by atoms with Crippen LogP contribution in [0.25, 0.3) is 0 Å². The van der Waals surface area contributed by atoms with E-state index in [1.165, 1.54) is 0 Å². The molecule has 4 rings (SSSR count). The van der Waals surface area contributed by atoms with Crippen molar-refractivity contribution in [2.24, 2.45) is 0 Å². The molecule has 2 atom stereocenters. The van der Waals surface area contributed by atoms with Gasteiger partial charge in [-0.15, -0.1) is 0 Å². The standard InChI is InChI=1S/C21H29ClF2N4O2/c1-21(2,3)30-20(29)27-9-7-26(8-10-27)16-12-28-14(16)6-4-5-13-15(28)11-17(22)25-18(13)19(23)24/h11,14,16,19H,4-10,12H2,1-3H3. The summed E-state index contributed by atoms with van der Waals surface area (Å²) in [6.07, 6.45) is -0.475. The fourth-order valence-electron chi connectivity index (χ4n) is 4.80. The van der Waals surface area contributed by atoms with E-state index in [-0.39, 0.29) is 23.0 Å². The van der Waals surface area contributed by atoms with E-state index in [0.29, 0.717) is 31.1 Å². The summed E-state index contributed by atoms with van der Waals surface area (Å²) < 4.78 is 32.5. The lowest BCUT2D eigenvalue weighted by atomic mass is 9.90. The number of nitrogens with zero attached hydrogens (tertiary/aromatic N) is 4. The Kier molecular flexibility index (Phi) is 5.83. The Morgan fingerprint density at radius 3 is 2.57 bits per heavy atom. The van der Waals surface area contributed by atoms with Gasteiger partial charge in [0.25, 0.3) is 6.43 Å². The highest BCUT2D eigenvalue weighted by molar-refractivity contribution is 6.29. The molecule has 0 spiro atoms. The molecule has 0 aliphatic carbocycles. The van der Waals surface area contributed by atoms with E-state index in [9.17, 15) is 13.6 Å². The molecule has 6 nitrogen and oxygen atoms in total. The van der Waals surface area contributed by atoms with Crippen molar-refractivity contribution in [3.05, 3.63) is 22.5 Å². The first kappa shape index (κ1) is 21.6. The number of alkyl halides is 2. The van der Waals surface area contributed by atoms with Gasteiger partial charge in [0, 0.05) is 56.1 Å². The van der Waals surface area contributed by atoms with E-state index in [2.05, 4.69) is 14.8 Å². The molecule has 30 heavy (non-hydrogen) atoms. The van der Waals surface area contributed by atoms with E-state index in [0.717, 1.165) is 38.2 Å². The highest BCUT2D eigenvalue weighted by Gasteiger charge is 2.45. The quantitative estimate of drug-likeness (QED) is 0.645. The second kappa shape index (κ2) is 8.11. The maximum Gasteiger partial charge on any atom is 0.410 e. The maximum atomic E-state index is 13.5. The molecule has 0 saturated carbocycles. The van der Waals surface area contributed by atoms with E-state index in [4.69, 9.17) is 16.3 Å². The van der Waals surface area contributed by atoms with Gasteiger partial charge < -0.3 is 14.5 Å². The molecule has 166 valence electrons. The van der Waals surface area contributed by atoms with Crippen molar-refractivity contribution in [1.82, 2.24) is 14.8 Å². The Hall–Kier alpha value is -1.67. The van der Waals surface area contributed by atoms with Crippen molar-refractivity contribution < 1.29 is 18.3 Å². The molecule has 1 aromatic heterocycles. The average Bonchev–Trinajstić information content (AvgIpc) is 2.77. The average molecular weight is 443 g/mol. The number of pyridine rings is 1. The summed E-state index contributed by atoms with van der Waals surface area (Å²) in [6, 6.07) is 2.37. The SMILES string of the molecule is CC(C)(C)OC(=O)N1CCN(C2CN3c4cc(Cl)nc(C(F)F)c4CCCC23)CC1. The number of rotatable bonds is 2. The van der Waals surface area contributed by atoms with Gasteiger partial charge in [0.2, 0.25) is 0 Å². The van der Waals surface area contributed by atoms with E-state index >= 15 is 0 Å². The zero-order chi connectivity index (χ0) is 21.6. The summed E-state index contributed by atoms with van der Waals surface area (Å²) in [5, 5.41) is 0.124. The Morgan fingerprint density at radius 2 is 1.93 bits per heavy atom. The summed E-state index contributed by atoms with van der Waals surface area (Å²) in [7, 11) is 0. The van der Waals surface area contributed by atoms with Crippen LogP contribution in [-0.4, -0.2) is 71.3 Å². The van der Waals surface area contributed by atoms with Gasteiger partial charge in [-0.05, 0) is 46.1 Å². The van der Waals surface area contributed by atoms with E-state index in [1.807, 2.05) is 20.8 Å². The molecule has 2 saturated heterocycles. The predicted molar refractivity (Wildman–Crippen MR) is 111 cm³/mol. The highest BCUT2D eigenvalue weighted by Crippen LogP contribution is 2.42. The topological polar surface area (TPSA) is 48.9 Å². The van der Waals surface area contributed by atoms with Crippen molar-refractivity contribution in [3.8, 4) is 0 Å². The van der Waals surface area contributed by atoms with Gasteiger partial charge in [-0.25, -0.2) is 18.6 Å². The number of carbonyl (C=O) groups is 1. The number of halogens is 3. The van der Waals surface area contributed by atoms with Crippen LogP contribution in [0.4, 0.5) is 19.3 Å². The van der Waals surface area contributed by atoms with Gasteiger partial charge in [-0.3, -0.25) is 4.90 Å². The zero-order valence-corrected chi connectivity index (χ0v) is 18.5. The van der Waals surface area contributed by atoms with E-state index in [1.54, 1.807) is 11.0 Å². The second-order valence-electron chi connectivity index (χ2n) is 9.31. The predicted octanol–water partition coefficient (Wildman–Crippen LogP) is 4.12. The smallest absolute Gasteiger partial charge is 0.410 e. The number of ether oxygens (including phenoxy) is 1. The fraction of sp³-hybridized carbons (Fsp3) is 0.714. The normalized spacial score (nSPS) is 24.8. The molecule has 0 N–H and O–H groups in total. The largest absolute Gasteiger partial charge is 0.444 e. The highest BCUT2D eigenvalue weighted by atomic mass is 35.5. The minimum Gasteiger partial charge on any atom is -0.444 e. The number of anilines is 1. The van der Waals surface area contributed by atoms with Crippen LogP contribution in [0.5, 0.6) is 0 Å². The minimum absolute atomic E-state index is 0.124.